The van der Waals surface area contributed by atoms with Crippen molar-refractivity contribution in [1.29, 1.82) is 0 Å². The second-order valence-electron chi connectivity index (χ2n) is 7.97. The number of carbonyl (C=O) groups excluding carboxylic acids is 2. The Morgan fingerprint density at radius 1 is 1.10 bits per heavy atom. The average Bonchev–Trinajstić information content (AvgIpc) is 3.46. The number of rotatable bonds is 8. The molecule has 0 spiro atoms. The van der Waals surface area contributed by atoms with Gasteiger partial charge in [-0.25, -0.2) is 4.98 Å². The first-order valence-electron chi connectivity index (χ1n) is 10.8. The number of ether oxygens (including phenoxy) is 1. The topological polar surface area (TPSA) is 84.7 Å². The first-order chi connectivity index (χ1) is 15.1. The Hall–Kier alpha value is -3.35. The van der Waals surface area contributed by atoms with E-state index >= 15 is 0 Å². The van der Waals surface area contributed by atoms with Gasteiger partial charge in [0, 0.05) is 31.4 Å². The molecule has 1 saturated carbocycles. The Balaban J connectivity index is 1.31. The Morgan fingerprint density at radius 2 is 1.87 bits per heavy atom. The molecule has 1 fully saturated rings. The van der Waals surface area contributed by atoms with Gasteiger partial charge in [-0.15, -0.1) is 0 Å². The van der Waals surface area contributed by atoms with Crippen LogP contribution in [-0.2, 0) is 11.4 Å². The van der Waals surface area contributed by atoms with Crippen LogP contribution in [0.25, 0.3) is 5.65 Å². The number of imidazole rings is 1. The summed E-state index contributed by atoms with van der Waals surface area (Å²) in [7, 11) is 0. The van der Waals surface area contributed by atoms with Crippen LogP contribution in [-0.4, -0.2) is 34.3 Å². The van der Waals surface area contributed by atoms with Gasteiger partial charge in [0.15, 0.2) is 0 Å². The minimum absolute atomic E-state index is 0.0955. The lowest BCUT2D eigenvalue weighted by Crippen LogP contribution is -2.37. The Labute approximate surface area is 181 Å². The summed E-state index contributed by atoms with van der Waals surface area (Å²) in [6, 6.07) is 11.1. The largest absolute Gasteiger partial charge is 0.486 e. The molecule has 2 aromatic heterocycles. The molecule has 0 aliphatic heterocycles. The summed E-state index contributed by atoms with van der Waals surface area (Å²) in [5.41, 5.74) is 3.24. The molecule has 3 aromatic rings. The van der Waals surface area contributed by atoms with Crippen LogP contribution in [0.5, 0.6) is 5.75 Å². The first-order valence-corrected chi connectivity index (χ1v) is 10.8. The van der Waals surface area contributed by atoms with Crippen molar-refractivity contribution in [3.63, 3.8) is 0 Å². The van der Waals surface area contributed by atoms with E-state index in [1.807, 2.05) is 41.9 Å². The number of hydrogen-bond donors (Lipinski definition) is 2. The van der Waals surface area contributed by atoms with Crippen molar-refractivity contribution in [1.82, 2.24) is 20.0 Å². The molecular weight excluding hydrogens is 392 g/mol. The fraction of sp³-hybridized carbons (Fsp3) is 0.375. The average molecular weight is 421 g/mol. The molecule has 31 heavy (non-hydrogen) atoms. The number of pyridine rings is 1. The predicted octanol–water partition coefficient (Wildman–Crippen LogP) is 3.26. The van der Waals surface area contributed by atoms with Gasteiger partial charge in [0.05, 0.1) is 11.3 Å². The molecule has 0 saturated heterocycles. The monoisotopic (exact) mass is 420 g/mol. The van der Waals surface area contributed by atoms with E-state index in [2.05, 4.69) is 15.6 Å². The molecule has 7 heteroatoms. The molecule has 7 nitrogen and oxygen atoms in total. The molecule has 162 valence electrons. The maximum Gasteiger partial charge on any atom is 0.255 e. The predicted molar refractivity (Wildman–Crippen MR) is 118 cm³/mol. The third kappa shape index (κ3) is 5.05. The van der Waals surface area contributed by atoms with E-state index in [0.717, 1.165) is 42.6 Å². The van der Waals surface area contributed by atoms with Gasteiger partial charge >= 0.3 is 0 Å². The summed E-state index contributed by atoms with van der Waals surface area (Å²) in [6.45, 7) is 3.08. The van der Waals surface area contributed by atoms with E-state index in [9.17, 15) is 9.59 Å². The summed E-state index contributed by atoms with van der Waals surface area (Å²) >= 11 is 0. The highest BCUT2D eigenvalue weighted by Crippen LogP contribution is 2.24. The van der Waals surface area contributed by atoms with Crippen LogP contribution < -0.4 is 15.4 Å². The van der Waals surface area contributed by atoms with Gasteiger partial charge < -0.3 is 19.8 Å². The Kier molecular flexibility index (Phi) is 6.50. The van der Waals surface area contributed by atoms with Crippen LogP contribution in [0.2, 0.25) is 0 Å². The minimum atomic E-state index is -0.225. The van der Waals surface area contributed by atoms with Crippen LogP contribution in [0.4, 0.5) is 0 Å². The number of aromatic nitrogens is 2. The summed E-state index contributed by atoms with van der Waals surface area (Å²) < 4.78 is 7.88. The fourth-order valence-electron chi connectivity index (χ4n) is 4.00. The highest BCUT2D eigenvalue weighted by Gasteiger charge is 2.22. The van der Waals surface area contributed by atoms with E-state index in [1.54, 1.807) is 18.2 Å². The third-order valence-electron chi connectivity index (χ3n) is 5.67. The zero-order valence-corrected chi connectivity index (χ0v) is 17.8. The van der Waals surface area contributed by atoms with Crippen LogP contribution in [0.15, 0.2) is 48.8 Å². The standard InChI is InChI=1S/C24H28N4O3/c1-17-7-6-14-28-15-19(27-22(17)28)16-31-21-11-5-4-10-20(21)24(30)26-13-12-25-23(29)18-8-2-3-9-18/h4-7,10-11,14-15,18H,2-3,8-9,12-13,16H2,1H3,(H,25,29)(H,26,30). The van der Waals surface area contributed by atoms with Crippen molar-refractivity contribution in [2.45, 2.75) is 39.2 Å². The quantitative estimate of drug-likeness (QED) is 0.548. The zero-order valence-electron chi connectivity index (χ0n) is 17.8. The number of hydrogen-bond acceptors (Lipinski definition) is 4. The zero-order chi connectivity index (χ0) is 21.6. The molecule has 2 heterocycles. The number of amides is 2. The SMILES string of the molecule is Cc1cccn2cc(COc3ccccc3C(=O)NCCNC(=O)C3CCCC3)nc12. The molecule has 2 amide bonds. The van der Waals surface area contributed by atoms with Crippen molar-refractivity contribution >= 4 is 17.5 Å². The van der Waals surface area contributed by atoms with Gasteiger partial charge in [-0.1, -0.05) is 31.0 Å². The summed E-state index contributed by atoms with van der Waals surface area (Å²) in [5.74, 6) is 0.506. The summed E-state index contributed by atoms with van der Waals surface area (Å²) in [5, 5.41) is 5.77. The van der Waals surface area contributed by atoms with Crippen molar-refractivity contribution in [3.8, 4) is 5.75 Å². The van der Waals surface area contributed by atoms with Crippen LogP contribution in [0.3, 0.4) is 0 Å². The van der Waals surface area contributed by atoms with Crippen molar-refractivity contribution < 1.29 is 14.3 Å². The molecule has 1 aliphatic rings. The highest BCUT2D eigenvalue weighted by molar-refractivity contribution is 5.96. The Morgan fingerprint density at radius 3 is 2.68 bits per heavy atom. The lowest BCUT2D eigenvalue weighted by Gasteiger charge is -2.12. The smallest absolute Gasteiger partial charge is 0.255 e. The molecule has 4 rings (SSSR count). The van der Waals surface area contributed by atoms with E-state index in [4.69, 9.17) is 4.74 Å². The van der Waals surface area contributed by atoms with Gasteiger partial charge in [0.1, 0.15) is 18.0 Å². The normalized spacial score (nSPS) is 14.0. The number of benzene rings is 1. The molecular formula is C24H28N4O3. The molecule has 0 unspecified atom stereocenters. The molecule has 0 atom stereocenters. The number of fused-ring (bicyclic) bond motifs is 1. The highest BCUT2D eigenvalue weighted by atomic mass is 16.5. The van der Waals surface area contributed by atoms with Crippen molar-refractivity contribution in [3.05, 3.63) is 65.6 Å². The fourth-order valence-corrected chi connectivity index (χ4v) is 4.00. The summed E-state index contributed by atoms with van der Waals surface area (Å²) in [4.78, 5) is 29.3. The van der Waals surface area contributed by atoms with Gasteiger partial charge in [0.25, 0.3) is 5.91 Å². The summed E-state index contributed by atoms with van der Waals surface area (Å²) in [6.07, 6.45) is 8.06. The number of para-hydroxylation sites is 1. The second-order valence-corrected chi connectivity index (χ2v) is 7.97. The van der Waals surface area contributed by atoms with Crippen LogP contribution in [0, 0.1) is 12.8 Å². The second kappa shape index (κ2) is 9.64. The lowest BCUT2D eigenvalue weighted by molar-refractivity contribution is -0.124. The lowest BCUT2D eigenvalue weighted by atomic mass is 10.1. The van der Waals surface area contributed by atoms with Gasteiger partial charge in [-0.05, 0) is 43.5 Å². The van der Waals surface area contributed by atoms with Crippen LogP contribution >= 0.6 is 0 Å². The maximum atomic E-state index is 12.6. The number of nitrogens with one attached hydrogen (secondary N) is 2. The molecule has 0 radical (unpaired) electrons. The first kappa shape index (κ1) is 20.9. The van der Waals surface area contributed by atoms with Gasteiger partial charge in [-0.3, -0.25) is 9.59 Å². The number of aryl methyl sites for hydroxylation is 1. The maximum absolute atomic E-state index is 12.6. The van der Waals surface area contributed by atoms with E-state index in [0.29, 0.717) is 24.4 Å². The van der Waals surface area contributed by atoms with Crippen molar-refractivity contribution in [2.24, 2.45) is 5.92 Å². The van der Waals surface area contributed by atoms with Crippen molar-refractivity contribution in [2.75, 3.05) is 13.1 Å². The molecule has 1 aliphatic carbocycles. The Bertz CT molecular complexity index is 1070. The van der Waals surface area contributed by atoms with E-state index in [-0.39, 0.29) is 24.3 Å². The number of carbonyl (C=O) groups is 2. The molecule has 0 bridgehead atoms. The van der Waals surface area contributed by atoms with Gasteiger partial charge in [-0.2, -0.15) is 0 Å². The number of nitrogens with zero attached hydrogens (tertiary/aromatic N) is 2. The van der Waals surface area contributed by atoms with E-state index < -0.39 is 0 Å². The minimum Gasteiger partial charge on any atom is -0.486 e. The van der Waals surface area contributed by atoms with E-state index in [1.165, 1.54) is 0 Å². The van der Waals surface area contributed by atoms with Crippen LogP contribution in [0.1, 0.15) is 47.3 Å². The van der Waals surface area contributed by atoms with Gasteiger partial charge in [0.2, 0.25) is 5.91 Å². The third-order valence-corrected chi connectivity index (χ3v) is 5.67. The molecule has 1 aromatic carbocycles. The molecule has 2 N–H and O–H groups in total.